The van der Waals surface area contributed by atoms with Gasteiger partial charge in [0.15, 0.2) is 0 Å². The van der Waals surface area contributed by atoms with Gasteiger partial charge in [0, 0.05) is 45.7 Å². The average Bonchev–Trinajstić information content (AvgIpc) is 3.18. The molecule has 0 bridgehead atoms. The first-order valence-corrected chi connectivity index (χ1v) is 10.4. The maximum Gasteiger partial charge on any atom is 0.221 e. The Kier molecular flexibility index (Phi) is 6.40. The third-order valence-corrected chi connectivity index (χ3v) is 5.83. The summed E-state index contributed by atoms with van der Waals surface area (Å²) in [6, 6.07) is 14.6. The molecular formula is C23H28FN5O. The zero-order chi connectivity index (χ0) is 20.9. The lowest BCUT2D eigenvalue weighted by Gasteiger charge is -2.38. The minimum atomic E-state index is -0.243. The van der Waals surface area contributed by atoms with Crippen LogP contribution in [0.4, 0.5) is 4.39 Å². The molecule has 2 aromatic carbocycles. The quantitative estimate of drug-likeness (QED) is 0.652. The Morgan fingerprint density at radius 2 is 1.83 bits per heavy atom. The Bertz CT molecular complexity index is 979. The summed E-state index contributed by atoms with van der Waals surface area (Å²) in [6.07, 6.45) is 2.17. The van der Waals surface area contributed by atoms with Crippen LogP contribution in [0.3, 0.4) is 0 Å². The van der Waals surface area contributed by atoms with Crippen molar-refractivity contribution in [3.05, 3.63) is 66.2 Å². The fraction of sp³-hybridized carbons (Fsp3) is 0.391. The number of amides is 1. The van der Waals surface area contributed by atoms with Crippen molar-refractivity contribution in [3.8, 4) is 0 Å². The molecular weight excluding hydrogens is 381 g/mol. The van der Waals surface area contributed by atoms with Gasteiger partial charge in [-0.1, -0.05) is 24.3 Å². The molecule has 0 radical (unpaired) electrons. The Morgan fingerprint density at radius 1 is 1.10 bits per heavy atom. The fourth-order valence-corrected chi connectivity index (χ4v) is 3.99. The van der Waals surface area contributed by atoms with Crippen LogP contribution in [-0.2, 0) is 11.3 Å². The standard InChI is InChI=1S/C23H28FN5O/c1-27-12-14-28(15-13-27)22(18-6-8-19(24)9-7-18)16-25-23(30)10-11-29-17-26-20-4-2-3-5-21(20)29/h2-9,17,22H,10-16H2,1H3,(H,25,30). The molecule has 158 valence electrons. The van der Waals surface area contributed by atoms with Gasteiger partial charge >= 0.3 is 0 Å². The summed E-state index contributed by atoms with van der Waals surface area (Å²) in [5.41, 5.74) is 3.00. The lowest BCUT2D eigenvalue weighted by Crippen LogP contribution is -2.48. The van der Waals surface area contributed by atoms with E-state index in [1.54, 1.807) is 6.33 Å². The number of aromatic nitrogens is 2. The molecule has 0 saturated carbocycles. The van der Waals surface area contributed by atoms with Gasteiger partial charge in [-0.25, -0.2) is 9.37 Å². The lowest BCUT2D eigenvalue weighted by atomic mass is 10.0. The molecule has 1 amide bonds. The fourth-order valence-electron chi connectivity index (χ4n) is 3.99. The van der Waals surface area contributed by atoms with Gasteiger partial charge in [0.05, 0.1) is 23.4 Å². The van der Waals surface area contributed by atoms with Gasteiger partial charge in [-0.05, 0) is 36.9 Å². The highest BCUT2D eigenvalue weighted by Crippen LogP contribution is 2.22. The number of nitrogens with zero attached hydrogens (tertiary/aromatic N) is 4. The highest BCUT2D eigenvalue weighted by molar-refractivity contribution is 5.77. The molecule has 1 N–H and O–H groups in total. The molecule has 3 aromatic rings. The minimum absolute atomic E-state index is 0.00835. The average molecular weight is 410 g/mol. The van der Waals surface area contributed by atoms with Gasteiger partial charge in [-0.3, -0.25) is 9.69 Å². The van der Waals surface area contributed by atoms with Crippen molar-refractivity contribution in [2.45, 2.75) is 19.0 Å². The van der Waals surface area contributed by atoms with Crippen LogP contribution in [0.15, 0.2) is 54.9 Å². The van der Waals surface area contributed by atoms with E-state index in [-0.39, 0.29) is 17.8 Å². The van der Waals surface area contributed by atoms with E-state index < -0.39 is 0 Å². The number of hydrogen-bond acceptors (Lipinski definition) is 4. The number of halogens is 1. The number of imidazole rings is 1. The molecule has 7 heteroatoms. The monoisotopic (exact) mass is 409 g/mol. The first kappa shape index (κ1) is 20.5. The second-order valence-electron chi connectivity index (χ2n) is 7.89. The van der Waals surface area contributed by atoms with Crippen LogP contribution in [0.5, 0.6) is 0 Å². The molecule has 4 rings (SSSR count). The molecule has 2 heterocycles. The Morgan fingerprint density at radius 3 is 2.60 bits per heavy atom. The zero-order valence-electron chi connectivity index (χ0n) is 17.3. The number of fused-ring (bicyclic) bond motifs is 1. The molecule has 1 aromatic heterocycles. The van der Waals surface area contributed by atoms with Gasteiger partial charge < -0.3 is 14.8 Å². The summed E-state index contributed by atoms with van der Waals surface area (Å²) >= 11 is 0. The predicted molar refractivity (Wildman–Crippen MR) is 116 cm³/mol. The van der Waals surface area contributed by atoms with E-state index in [2.05, 4.69) is 27.1 Å². The number of likely N-dealkylation sites (N-methyl/N-ethyl adjacent to an activating group) is 1. The van der Waals surface area contributed by atoms with E-state index in [9.17, 15) is 9.18 Å². The van der Waals surface area contributed by atoms with Crippen molar-refractivity contribution in [2.24, 2.45) is 0 Å². The summed E-state index contributed by atoms with van der Waals surface area (Å²) in [7, 11) is 2.12. The molecule has 1 saturated heterocycles. The number of aryl methyl sites for hydroxylation is 1. The summed E-state index contributed by atoms with van der Waals surface area (Å²) in [4.78, 5) is 21.6. The van der Waals surface area contributed by atoms with Crippen molar-refractivity contribution in [2.75, 3.05) is 39.8 Å². The van der Waals surface area contributed by atoms with Crippen LogP contribution in [0.2, 0.25) is 0 Å². The van der Waals surface area contributed by atoms with E-state index in [1.807, 2.05) is 41.0 Å². The predicted octanol–water partition coefficient (Wildman–Crippen LogP) is 2.67. The second kappa shape index (κ2) is 9.36. The third-order valence-electron chi connectivity index (χ3n) is 5.83. The topological polar surface area (TPSA) is 53.4 Å². The highest BCUT2D eigenvalue weighted by Gasteiger charge is 2.24. The molecule has 6 nitrogen and oxygen atoms in total. The molecule has 0 aliphatic carbocycles. The van der Waals surface area contributed by atoms with E-state index >= 15 is 0 Å². The number of nitrogens with one attached hydrogen (secondary N) is 1. The maximum atomic E-state index is 13.4. The summed E-state index contributed by atoms with van der Waals surface area (Å²) in [5.74, 6) is -0.235. The first-order chi connectivity index (χ1) is 14.6. The maximum absolute atomic E-state index is 13.4. The Hall–Kier alpha value is -2.77. The van der Waals surface area contributed by atoms with E-state index in [1.165, 1.54) is 12.1 Å². The van der Waals surface area contributed by atoms with Gasteiger partial charge in [0.2, 0.25) is 5.91 Å². The SMILES string of the molecule is CN1CCN(C(CNC(=O)CCn2cnc3ccccc32)c2ccc(F)cc2)CC1. The van der Waals surface area contributed by atoms with Crippen LogP contribution < -0.4 is 5.32 Å². The van der Waals surface area contributed by atoms with Crippen LogP contribution in [0, 0.1) is 5.82 Å². The van der Waals surface area contributed by atoms with Crippen molar-refractivity contribution >= 4 is 16.9 Å². The normalized spacial score (nSPS) is 16.6. The lowest BCUT2D eigenvalue weighted by molar-refractivity contribution is -0.121. The van der Waals surface area contributed by atoms with Gasteiger partial charge in [-0.15, -0.1) is 0 Å². The number of hydrogen-bond donors (Lipinski definition) is 1. The molecule has 1 aliphatic rings. The van der Waals surface area contributed by atoms with Crippen molar-refractivity contribution in [3.63, 3.8) is 0 Å². The Labute approximate surface area is 176 Å². The number of carbonyl (C=O) groups is 1. The van der Waals surface area contributed by atoms with Gasteiger partial charge in [-0.2, -0.15) is 0 Å². The molecule has 1 aliphatic heterocycles. The summed E-state index contributed by atoms with van der Waals surface area (Å²) < 4.78 is 15.4. The van der Waals surface area contributed by atoms with Crippen molar-refractivity contribution in [1.29, 1.82) is 0 Å². The van der Waals surface area contributed by atoms with Crippen LogP contribution in [0.1, 0.15) is 18.0 Å². The number of benzene rings is 2. The highest BCUT2D eigenvalue weighted by atomic mass is 19.1. The number of piperazine rings is 1. The summed E-state index contributed by atoms with van der Waals surface area (Å²) in [5, 5.41) is 3.09. The van der Waals surface area contributed by atoms with Gasteiger partial charge in [0.1, 0.15) is 5.82 Å². The van der Waals surface area contributed by atoms with E-state index in [0.29, 0.717) is 19.5 Å². The van der Waals surface area contributed by atoms with E-state index in [4.69, 9.17) is 0 Å². The molecule has 30 heavy (non-hydrogen) atoms. The van der Waals surface area contributed by atoms with Crippen molar-refractivity contribution < 1.29 is 9.18 Å². The third kappa shape index (κ3) is 4.86. The van der Waals surface area contributed by atoms with Crippen LogP contribution in [-0.4, -0.2) is 65.0 Å². The molecule has 1 unspecified atom stereocenters. The minimum Gasteiger partial charge on any atom is -0.354 e. The Balaban J connectivity index is 1.37. The smallest absolute Gasteiger partial charge is 0.221 e. The largest absolute Gasteiger partial charge is 0.354 e. The second-order valence-corrected chi connectivity index (χ2v) is 7.89. The zero-order valence-corrected chi connectivity index (χ0v) is 17.3. The number of rotatable bonds is 7. The molecule has 1 atom stereocenters. The van der Waals surface area contributed by atoms with Crippen molar-refractivity contribution in [1.82, 2.24) is 24.7 Å². The number of carbonyl (C=O) groups excluding carboxylic acids is 1. The summed E-state index contributed by atoms with van der Waals surface area (Å²) in [6.45, 7) is 4.92. The first-order valence-electron chi connectivity index (χ1n) is 10.4. The number of para-hydroxylation sites is 2. The van der Waals surface area contributed by atoms with E-state index in [0.717, 1.165) is 42.8 Å². The van der Waals surface area contributed by atoms with Crippen LogP contribution in [0.25, 0.3) is 11.0 Å². The van der Waals surface area contributed by atoms with Gasteiger partial charge in [0.25, 0.3) is 0 Å². The molecule has 0 spiro atoms. The molecule has 1 fully saturated rings. The van der Waals surface area contributed by atoms with Crippen LogP contribution >= 0.6 is 0 Å².